The standard InChI is InChI=1S/C16H14F2O2/c1-11-8-13(17)6-7-16(11)20-10-14(19)9-12-4-2-3-5-15(12)18/h2-8H,9-10H2,1H3. The van der Waals surface area contributed by atoms with Crippen LogP contribution in [-0.4, -0.2) is 12.4 Å². The van der Waals surface area contributed by atoms with Gasteiger partial charge in [-0.15, -0.1) is 0 Å². The Morgan fingerprint density at radius 2 is 1.90 bits per heavy atom. The second kappa shape index (κ2) is 6.28. The van der Waals surface area contributed by atoms with Crippen LogP contribution in [0.1, 0.15) is 11.1 Å². The third-order valence-corrected chi connectivity index (χ3v) is 2.87. The highest BCUT2D eigenvalue weighted by molar-refractivity contribution is 5.82. The summed E-state index contributed by atoms with van der Waals surface area (Å²) in [6.07, 6.45) is -0.0209. The van der Waals surface area contributed by atoms with Gasteiger partial charge in [0, 0.05) is 6.42 Å². The maximum absolute atomic E-state index is 13.4. The number of hydrogen-bond donors (Lipinski definition) is 0. The van der Waals surface area contributed by atoms with Crippen molar-refractivity contribution < 1.29 is 18.3 Å². The minimum absolute atomic E-state index is 0.0209. The topological polar surface area (TPSA) is 26.3 Å². The molecule has 4 heteroatoms. The molecule has 20 heavy (non-hydrogen) atoms. The molecule has 0 spiro atoms. The lowest BCUT2D eigenvalue weighted by Gasteiger charge is -2.08. The maximum atomic E-state index is 13.4. The number of aryl methyl sites for hydroxylation is 1. The summed E-state index contributed by atoms with van der Waals surface area (Å²) in [5.74, 6) is -0.543. The molecule has 0 saturated heterocycles. The van der Waals surface area contributed by atoms with E-state index in [1.807, 2.05) is 0 Å². The molecule has 0 N–H and O–H groups in total. The molecule has 2 aromatic rings. The zero-order valence-corrected chi connectivity index (χ0v) is 11.0. The van der Waals surface area contributed by atoms with Gasteiger partial charge in [0.2, 0.25) is 0 Å². The number of carbonyl (C=O) groups is 1. The highest BCUT2D eigenvalue weighted by Crippen LogP contribution is 2.18. The number of benzene rings is 2. The van der Waals surface area contributed by atoms with E-state index in [1.54, 1.807) is 25.1 Å². The number of ether oxygens (including phenoxy) is 1. The molecule has 0 aliphatic carbocycles. The molecule has 2 aromatic carbocycles. The molecule has 0 fully saturated rings. The number of halogens is 2. The first-order chi connectivity index (χ1) is 9.56. The van der Waals surface area contributed by atoms with E-state index in [0.717, 1.165) is 0 Å². The summed E-state index contributed by atoms with van der Waals surface area (Å²) in [4.78, 5) is 11.8. The van der Waals surface area contributed by atoms with E-state index in [-0.39, 0.29) is 24.6 Å². The van der Waals surface area contributed by atoms with Gasteiger partial charge in [0.15, 0.2) is 5.78 Å². The van der Waals surface area contributed by atoms with Crippen LogP contribution in [0.15, 0.2) is 42.5 Å². The van der Waals surface area contributed by atoms with Gasteiger partial charge < -0.3 is 4.74 Å². The second-order valence-corrected chi connectivity index (χ2v) is 4.51. The quantitative estimate of drug-likeness (QED) is 0.836. The Morgan fingerprint density at radius 1 is 1.15 bits per heavy atom. The smallest absolute Gasteiger partial charge is 0.174 e. The van der Waals surface area contributed by atoms with Crippen molar-refractivity contribution in [2.24, 2.45) is 0 Å². The Balaban J connectivity index is 1.94. The van der Waals surface area contributed by atoms with E-state index in [1.165, 1.54) is 24.3 Å². The summed E-state index contributed by atoms with van der Waals surface area (Å²) in [6, 6.07) is 10.2. The number of carbonyl (C=O) groups excluding carboxylic acids is 1. The van der Waals surface area contributed by atoms with Gasteiger partial charge in [0.1, 0.15) is 24.0 Å². The summed E-state index contributed by atoms with van der Waals surface area (Å²) in [5, 5.41) is 0. The van der Waals surface area contributed by atoms with Crippen molar-refractivity contribution in [3.63, 3.8) is 0 Å². The van der Waals surface area contributed by atoms with Crippen LogP contribution >= 0.6 is 0 Å². The van der Waals surface area contributed by atoms with Crippen LogP contribution in [0.4, 0.5) is 8.78 Å². The van der Waals surface area contributed by atoms with Crippen LogP contribution in [0.2, 0.25) is 0 Å². The van der Waals surface area contributed by atoms with Crippen molar-refractivity contribution in [2.75, 3.05) is 6.61 Å². The van der Waals surface area contributed by atoms with Gasteiger partial charge in [0.05, 0.1) is 0 Å². The lowest BCUT2D eigenvalue weighted by molar-refractivity contribution is -0.120. The van der Waals surface area contributed by atoms with Crippen molar-refractivity contribution >= 4 is 5.78 Å². The number of ketones is 1. The van der Waals surface area contributed by atoms with Gasteiger partial charge in [-0.25, -0.2) is 8.78 Å². The third-order valence-electron chi connectivity index (χ3n) is 2.87. The third kappa shape index (κ3) is 3.63. The Labute approximate surface area is 116 Å². The number of hydrogen-bond acceptors (Lipinski definition) is 2. The molecule has 2 nitrogen and oxygen atoms in total. The Morgan fingerprint density at radius 3 is 2.60 bits per heavy atom. The molecule has 0 saturated carbocycles. The molecular weight excluding hydrogens is 262 g/mol. The lowest BCUT2D eigenvalue weighted by Crippen LogP contribution is -2.15. The predicted octanol–water partition coefficient (Wildman–Crippen LogP) is 3.46. The highest BCUT2D eigenvalue weighted by Gasteiger charge is 2.09. The van der Waals surface area contributed by atoms with Crippen LogP contribution in [0, 0.1) is 18.6 Å². The zero-order chi connectivity index (χ0) is 14.5. The van der Waals surface area contributed by atoms with Crippen LogP contribution in [0.3, 0.4) is 0 Å². The summed E-state index contributed by atoms with van der Waals surface area (Å²) in [5.41, 5.74) is 0.959. The van der Waals surface area contributed by atoms with Gasteiger partial charge in [0.25, 0.3) is 0 Å². The van der Waals surface area contributed by atoms with Crippen molar-refractivity contribution in [1.29, 1.82) is 0 Å². The minimum atomic E-state index is -0.404. The second-order valence-electron chi connectivity index (χ2n) is 4.51. The summed E-state index contributed by atoms with van der Waals surface area (Å²) in [6.45, 7) is 1.53. The van der Waals surface area contributed by atoms with E-state index in [0.29, 0.717) is 16.9 Å². The first-order valence-electron chi connectivity index (χ1n) is 6.20. The molecule has 0 atom stereocenters. The normalized spacial score (nSPS) is 10.3. The molecule has 2 rings (SSSR count). The van der Waals surface area contributed by atoms with Crippen molar-refractivity contribution in [3.05, 3.63) is 65.2 Å². The first-order valence-corrected chi connectivity index (χ1v) is 6.20. The number of Topliss-reactive ketones (excluding diaryl/α,β-unsaturated/α-hetero) is 1. The molecule has 0 radical (unpaired) electrons. The molecule has 0 unspecified atom stereocenters. The number of rotatable bonds is 5. The van der Waals surface area contributed by atoms with E-state index in [9.17, 15) is 13.6 Å². The van der Waals surface area contributed by atoms with Crippen LogP contribution < -0.4 is 4.74 Å². The van der Waals surface area contributed by atoms with Gasteiger partial charge in [-0.1, -0.05) is 18.2 Å². The molecule has 0 aromatic heterocycles. The van der Waals surface area contributed by atoms with Crippen molar-refractivity contribution in [2.45, 2.75) is 13.3 Å². The van der Waals surface area contributed by atoms with E-state index in [4.69, 9.17) is 4.74 Å². The molecule has 0 heterocycles. The molecule has 0 aliphatic heterocycles. The predicted molar refractivity (Wildman–Crippen MR) is 71.7 cm³/mol. The first kappa shape index (κ1) is 14.2. The summed E-state index contributed by atoms with van der Waals surface area (Å²) < 4.78 is 31.6. The highest BCUT2D eigenvalue weighted by atomic mass is 19.1. The molecule has 104 valence electrons. The van der Waals surface area contributed by atoms with Gasteiger partial charge in [-0.3, -0.25) is 4.79 Å². The van der Waals surface area contributed by atoms with Crippen LogP contribution in [0.25, 0.3) is 0 Å². The molecular formula is C16H14F2O2. The monoisotopic (exact) mass is 276 g/mol. The van der Waals surface area contributed by atoms with Crippen molar-refractivity contribution in [3.8, 4) is 5.75 Å². The summed E-state index contributed by atoms with van der Waals surface area (Å²) in [7, 11) is 0. The van der Waals surface area contributed by atoms with E-state index in [2.05, 4.69) is 0 Å². The fraction of sp³-hybridized carbons (Fsp3) is 0.188. The maximum Gasteiger partial charge on any atom is 0.174 e. The minimum Gasteiger partial charge on any atom is -0.486 e. The van der Waals surface area contributed by atoms with Gasteiger partial charge >= 0.3 is 0 Å². The van der Waals surface area contributed by atoms with E-state index < -0.39 is 5.82 Å². The SMILES string of the molecule is Cc1cc(F)ccc1OCC(=O)Cc1ccccc1F. The molecule has 0 amide bonds. The molecule has 0 aliphatic rings. The van der Waals surface area contributed by atoms with E-state index >= 15 is 0 Å². The fourth-order valence-corrected chi connectivity index (χ4v) is 1.84. The van der Waals surface area contributed by atoms with Crippen molar-refractivity contribution in [1.82, 2.24) is 0 Å². The van der Waals surface area contributed by atoms with Crippen LogP contribution in [0.5, 0.6) is 5.75 Å². The summed E-state index contributed by atoms with van der Waals surface area (Å²) >= 11 is 0. The average molecular weight is 276 g/mol. The molecule has 0 bridgehead atoms. The average Bonchev–Trinajstić information content (AvgIpc) is 2.40. The largest absolute Gasteiger partial charge is 0.486 e. The Hall–Kier alpha value is -2.23. The van der Waals surface area contributed by atoms with Crippen LogP contribution in [-0.2, 0) is 11.2 Å². The lowest BCUT2D eigenvalue weighted by atomic mass is 10.1. The Kier molecular flexibility index (Phi) is 4.45. The van der Waals surface area contributed by atoms with Gasteiger partial charge in [-0.05, 0) is 42.3 Å². The Bertz CT molecular complexity index is 624. The van der Waals surface area contributed by atoms with Gasteiger partial charge in [-0.2, -0.15) is 0 Å². The fourth-order valence-electron chi connectivity index (χ4n) is 1.84. The zero-order valence-electron chi connectivity index (χ0n) is 11.0.